The molecule has 1 unspecified atom stereocenters. The molecule has 2 aliphatic carbocycles. The van der Waals surface area contributed by atoms with Crippen LogP contribution in [0.15, 0.2) is 6.20 Å². The Balaban J connectivity index is 1.75. The lowest BCUT2D eigenvalue weighted by molar-refractivity contribution is 0.311. The maximum absolute atomic E-state index is 6.13. The second-order valence-electron chi connectivity index (χ2n) is 6.25. The van der Waals surface area contributed by atoms with Gasteiger partial charge < -0.3 is 5.73 Å². The van der Waals surface area contributed by atoms with Gasteiger partial charge in [0.25, 0.3) is 0 Å². The highest BCUT2D eigenvalue weighted by Gasteiger charge is 2.25. The van der Waals surface area contributed by atoms with E-state index in [1.807, 2.05) is 6.20 Å². The molecule has 0 saturated heterocycles. The number of fused-ring (bicyclic) bond motifs is 1. The van der Waals surface area contributed by atoms with Gasteiger partial charge in [0.2, 0.25) is 0 Å². The summed E-state index contributed by atoms with van der Waals surface area (Å²) in [5.41, 5.74) is 8.55. The summed E-state index contributed by atoms with van der Waals surface area (Å²) in [7, 11) is 0. The quantitative estimate of drug-likeness (QED) is 0.884. The van der Waals surface area contributed by atoms with Crippen molar-refractivity contribution in [2.75, 3.05) is 0 Å². The van der Waals surface area contributed by atoms with Gasteiger partial charge in [-0.1, -0.05) is 13.3 Å². The van der Waals surface area contributed by atoms with Crippen LogP contribution in [0.2, 0.25) is 0 Å². The van der Waals surface area contributed by atoms with Crippen molar-refractivity contribution in [1.29, 1.82) is 0 Å². The molecule has 1 atom stereocenters. The first kappa shape index (κ1) is 13.0. The molecule has 0 amide bonds. The minimum absolute atomic E-state index is 0.161. The number of hydrogen-bond donors (Lipinski definition) is 1. The molecule has 1 saturated carbocycles. The van der Waals surface area contributed by atoms with Crippen molar-refractivity contribution in [1.82, 2.24) is 9.97 Å². The highest BCUT2D eigenvalue weighted by atomic mass is 14.9. The Bertz CT molecular complexity index is 436. The summed E-state index contributed by atoms with van der Waals surface area (Å²) in [5, 5.41) is 0. The molecule has 0 radical (unpaired) electrons. The van der Waals surface area contributed by atoms with E-state index < -0.39 is 0 Å². The molecule has 1 aromatic heterocycles. The van der Waals surface area contributed by atoms with Gasteiger partial charge in [-0.2, -0.15) is 0 Å². The zero-order valence-electron chi connectivity index (χ0n) is 11.9. The maximum atomic E-state index is 6.13. The molecule has 1 aromatic rings. The Hall–Kier alpha value is -0.960. The molecule has 0 spiro atoms. The predicted molar refractivity (Wildman–Crippen MR) is 76.9 cm³/mol. The van der Waals surface area contributed by atoms with Gasteiger partial charge >= 0.3 is 0 Å². The van der Waals surface area contributed by atoms with Crippen LogP contribution in [0.3, 0.4) is 0 Å². The zero-order valence-corrected chi connectivity index (χ0v) is 11.9. The molecule has 1 fully saturated rings. The molecule has 3 rings (SSSR count). The minimum atomic E-state index is 0.161. The Kier molecular flexibility index (Phi) is 3.83. The molecular formula is C16H25N3. The number of rotatable bonds is 2. The van der Waals surface area contributed by atoms with E-state index in [0.29, 0.717) is 5.92 Å². The van der Waals surface area contributed by atoms with Crippen LogP contribution >= 0.6 is 0 Å². The summed E-state index contributed by atoms with van der Waals surface area (Å²) in [6.45, 7) is 2.31. The maximum Gasteiger partial charge on any atom is 0.131 e. The topological polar surface area (TPSA) is 51.8 Å². The molecule has 2 N–H and O–H groups in total. The molecule has 1 heterocycles. The van der Waals surface area contributed by atoms with Gasteiger partial charge in [0.05, 0.1) is 0 Å². The molecular weight excluding hydrogens is 234 g/mol. The summed E-state index contributed by atoms with van der Waals surface area (Å²) < 4.78 is 0. The average molecular weight is 259 g/mol. The van der Waals surface area contributed by atoms with E-state index in [2.05, 4.69) is 11.9 Å². The highest BCUT2D eigenvalue weighted by molar-refractivity contribution is 5.24. The largest absolute Gasteiger partial charge is 0.324 e. The number of nitrogens with two attached hydrogens (primary N) is 1. The van der Waals surface area contributed by atoms with Crippen LogP contribution in [0.5, 0.6) is 0 Å². The number of aromatic nitrogens is 2. The normalized spacial score (nSPS) is 30.9. The molecule has 0 aromatic carbocycles. The summed E-state index contributed by atoms with van der Waals surface area (Å²) >= 11 is 0. The third kappa shape index (κ3) is 2.66. The van der Waals surface area contributed by atoms with Crippen LogP contribution in [0.25, 0.3) is 0 Å². The van der Waals surface area contributed by atoms with E-state index >= 15 is 0 Å². The SMILES string of the molecule is CCC1CCC(c2ncc3c(n2)CCCC3N)CC1. The molecule has 0 aliphatic heterocycles. The lowest BCUT2D eigenvalue weighted by atomic mass is 9.80. The molecule has 3 heteroatoms. The lowest BCUT2D eigenvalue weighted by Gasteiger charge is -2.28. The fourth-order valence-electron chi connectivity index (χ4n) is 3.62. The number of aryl methyl sites for hydroxylation is 1. The van der Waals surface area contributed by atoms with Gasteiger partial charge in [-0.25, -0.2) is 9.97 Å². The fraction of sp³-hybridized carbons (Fsp3) is 0.750. The first-order chi connectivity index (χ1) is 9.28. The van der Waals surface area contributed by atoms with Gasteiger partial charge in [-0.15, -0.1) is 0 Å². The van der Waals surface area contributed by atoms with Crippen LogP contribution < -0.4 is 5.73 Å². The van der Waals surface area contributed by atoms with Crippen molar-refractivity contribution in [2.45, 2.75) is 70.3 Å². The number of nitrogens with zero attached hydrogens (tertiary/aromatic N) is 2. The monoisotopic (exact) mass is 259 g/mol. The van der Waals surface area contributed by atoms with Crippen LogP contribution in [-0.4, -0.2) is 9.97 Å². The summed E-state index contributed by atoms with van der Waals surface area (Å²) in [6.07, 6.45) is 11.9. The van der Waals surface area contributed by atoms with Crippen LogP contribution in [0.1, 0.15) is 80.9 Å². The Morgan fingerprint density at radius 1 is 1.21 bits per heavy atom. The first-order valence-corrected chi connectivity index (χ1v) is 7.89. The van der Waals surface area contributed by atoms with Crippen LogP contribution in [-0.2, 0) is 6.42 Å². The Morgan fingerprint density at radius 3 is 2.74 bits per heavy atom. The zero-order chi connectivity index (χ0) is 13.2. The van der Waals surface area contributed by atoms with E-state index in [1.54, 1.807) is 0 Å². The summed E-state index contributed by atoms with van der Waals surface area (Å²) in [4.78, 5) is 9.47. The molecule has 2 aliphatic rings. The lowest BCUT2D eigenvalue weighted by Crippen LogP contribution is -2.21. The highest BCUT2D eigenvalue weighted by Crippen LogP contribution is 2.36. The molecule has 3 nitrogen and oxygen atoms in total. The average Bonchev–Trinajstić information content (AvgIpc) is 2.47. The molecule has 19 heavy (non-hydrogen) atoms. The van der Waals surface area contributed by atoms with Crippen molar-refractivity contribution in [3.8, 4) is 0 Å². The second-order valence-corrected chi connectivity index (χ2v) is 6.25. The van der Waals surface area contributed by atoms with Crippen molar-refractivity contribution >= 4 is 0 Å². The first-order valence-electron chi connectivity index (χ1n) is 7.89. The van der Waals surface area contributed by atoms with Gasteiger partial charge in [-0.05, 0) is 50.9 Å². The Morgan fingerprint density at radius 2 is 2.00 bits per heavy atom. The Labute approximate surface area is 116 Å². The van der Waals surface area contributed by atoms with Gasteiger partial charge in [-0.3, -0.25) is 0 Å². The van der Waals surface area contributed by atoms with Crippen LogP contribution in [0.4, 0.5) is 0 Å². The standard InChI is InChI=1S/C16H25N3/c1-2-11-6-8-12(9-7-11)16-18-10-13-14(17)4-3-5-15(13)19-16/h10-12,14H,2-9,17H2,1H3. The van der Waals surface area contributed by atoms with Gasteiger partial charge in [0.1, 0.15) is 5.82 Å². The number of hydrogen-bond acceptors (Lipinski definition) is 3. The minimum Gasteiger partial charge on any atom is -0.324 e. The predicted octanol–water partition coefficient (Wildman–Crippen LogP) is 3.50. The summed E-state index contributed by atoms with van der Waals surface area (Å²) in [5.74, 6) is 2.61. The van der Waals surface area contributed by atoms with Gasteiger partial charge in [0, 0.05) is 29.4 Å². The third-order valence-electron chi connectivity index (χ3n) is 5.04. The molecule has 0 bridgehead atoms. The van der Waals surface area contributed by atoms with Crippen molar-refractivity contribution < 1.29 is 0 Å². The van der Waals surface area contributed by atoms with Crippen molar-refractivity contribution in [3.05, 3.63) is 23.3 Å². The fourth-order valence-corrected chi connectivity index (χ4v) is 3.62. The summed E-state index contributed by atoms with van der Waals surface area (Å²) in [6, 6.07) is 0.161. The third-order valence-corrected chi connectivity index (χ3v) is 5.04. The van der Waals surface area contributed by atoms with E-state index in [0.717, 1.165) is 24.6 Å². The van der Waals surface area contributed by atoms with Crippen LogP contribution in [0, 0.1) is 5.92 Å². The smallest absolute Gasteiger partial charge is 0.131 e. The second kappa shape index (κ2) is 5.58. The van der Waals surface area contributed by atoms with Crippen molar-refractivity contribution in [3.63, 3.8) is 0 Å². The molecule has 104 valence electrons. The van der Waals surface area contributed by atoms with E-state index in [1.165, 1.54) is 49.8 Å². The van der Waals surface area contributed by atoms with E-state index in [9.17, 15) is 0 Å². The van der Waals surface area contributed by atoms with E-state index in [-0.39, 0.29) is 6.04 Å². The van der Waals surface area contributed by atoms with Crippen molar-refractivity contribution in [2.24, 2.45) is 11.7 Å². The van der Waals surface area contributed by atoms with Gasteiger partial charge in [0.15, 0.2) is 0 Å². The van der Waals surface area contributed by atoms with E-state index in [4.69, 9.17) is 10.7 Å².